The predicted molar refractivity (Wildman–Crippen MR) is 72.6 cm³/mol. The van der Waals surface area contributed by atoms with Gasteiger partial charge in [0.05, 0.1) is 6.20 Å². The number of hydrogen-bond donors (Lipinski definition) is 1. The summed E-state index contributed by atoms with van der Waals surface area (Å²) in [5.74, 6) is 1.11. The van der Waals surface area contributed by atoms with Crippen molar-refractivity contribution in [2.24, 2.45) is 5.92 Å². The molecule has 4 nitrogen and oxygen atoms in total. The van der Waals surface area contributed by atoms with Crippen LogP contribution in [-0.4, -0.2) is 20.6 Å². The predicted octanol–water partition coefficient (Wildman–Crippen LogP) is 3.25. The highest BCUT2D eigenvalue weighted by atomic mass is 19.1. The Labute approximate surface area is 112 Å². The maximum atomic E-state index is 13.1. The molecule has 3 rings (SSSR count). The van der Waals surface area contributed by atoms with Gasteiger partial charge in [0.25, 0.3) is 0 Å². The van der Waals surface area contributed by atoms with Crippen molar-refractivity contribution < 1.29 is 4.39 Å². The lowest BCUT2D eigenvalue weighted by atomic mass is 9.84. The van der Waals surface area contributed by atoms with Crippen molar-refractivity contribution >= 4 is 11.6 Å². The number of nitrogens with zero attached hydrogens (tertiary/aromatic N) is 3. The zero-order chi connectivity index (χ0) is 13.2. The lowest BCUT2D eigenvalue weighted by Crippen LogP contribution is -2.27. The minimum absolute atomic E-state index is 0.298. The molecule has 2 aromatic heterocycles. The molecule has 1 fully saturated rings. The molecule has 0 aliphatic heterocycles. The van der Waals surface area contributed by atoms with Gasteiger partial charge in [-0.05, 0) is 30.9 Å². The molecule has 1 saturated carbocycles. The molecule has 0 aromatic carbocycles. The number of hydrogen-bond acceptors (Lipinski definition) is 3. The second-order valence-electron chi connectivity index (χ2n) is 5.37. The molecule has 1 aliphatic carbocycles. The van der Waals surface area contributed by atoms with Crippen LogP contribution in [0.4, 0.5) is 10.3 Å². The molecule has 0 amide bonds. The minimum atomic E-state index is -0.298. The van der Waals surface area contributed by atoms with Gasteiger partial charge in [0.15, 0.2) is 5.65 Å². The van der Waals surface area contributed by atoms with Crippen molar-refractivity contribution in [3.8, 4) is 0 Å². The fraction of sp³-hybridized carbons (Fsp3) is 0.571. The van der Waals surface area contributed by atoms with Crippen molar-refractivity contribution in [2.45, 2.75) is 45.1 Å². The van der Waals surface area contributed by atoms with Gasteiger partial charge in [0.2, 0.25) is 5.95 Å². The van der Waals surface area contributed by atoms with Crippen LogP contribution in [0.5, 0.6) is 0 Å². The number of anilines is 1. The molecule has 2 unspecified atom stereocenters. The minimum Gasteiger partial charge on any atom is -0.350 e. The Morgan fingerprint density at radius 3 is 3.16 bits per heavy atom. The second kappa shape index (κ2) is 5.15. The quantitative estimate of drug-likeness (QED) is 0.923. The first-order valence-electron chi connectivity index (χ1n) is 7.03. The van der Waals surface area contributed by atoms with Crippen molar-refractivity contribution in [3.05, 3.63) is 24.1 Å². The monoisotopic (exact) mass is 262 g/mol. The Morgan fingerprint density at radius 1 is 1.42 bits per heavy atom. The number of fused-ring (bicyclic) bond motifs is 1. The van der Waals surface area contributed by atoms with E-state index in [0.717, 1.165) is 5.92 Å². The van der Waals surface area contributed by atoms with Gasteiger partial charge in [-0.3, -0.25) is 0 Å². The van der Waals surface area contributed by atoms with Crippen LogP contribution in [0.15, 0.2) is 18.3 Å². The zero-order valence-corrected chi connectivity index (χ0v) is 11.1. The third kappa shape index (κ3) is 2.69. The molecule has 0 spiro atoms. The van der Waals surface area contributed by atoms with Gasteiger partial charge in [0, 0.05) is 6.04 Å². The fourth-order valence-corrected chi connectivity index (χ4v) is 2.89. The van der Waals surface area contributed by atoms with Crippen molar-refractivity contribution in [1.29, 1.82) is 0 Å². The Morgan fingerprint density at radius 2 is 2.32 bits per heavy atom. The summed E-state index contributed by atoms with van der Waals surface area (Å²) in [6.45, 7) is 2.25. The van der Waals surface area contributed by atoms with Crippen LogP contribution in [0, 0.1) is 11.7 Å². The van der Waals surface area contributed by atoms with Crippen LogP contribution in [0.2, 0.25) is 0 Å². The first kappa shape index (κ1) is 12.4. The number of aromatic nitrogens is 3. The topological polar surface area (TPSA) is 42.2 Å². The van der Waals surface area contributed by atoms with Crippen LogP contribution in [0.3, 0.4) is 0 Å². The summed E-state index contributed by atoms with van der Waals surface area (Å²) in [5, 5.41) is 7.66. The van der Waals surface area contributed by atoms with E-state index in [1.54, 1.807) is 6.07 Å². The number of pyridine rings is 1. The summed E-state index contributed by atoms with van der Waals surface area (Å²) < 4.78 is 14.6. The number of halogens is 1. The average Bonchev–Trinajstić information content (AvgIpc) is 2.80. The largest absolute Gasteiger partial charge is 0.350 e. The van der Waals surface area contributed by atoms with Gasteiger partial charge in [-0.15, -0.1) is 5.10 Å². The molecule has 19 heavy (non-hydrogen) atoms. The van der Waals surface area contributed by atoms with Crippen molar-refractivity contribution in [1.82, 2.24) is 14.6 Å². The Balaban J connectivity index is 1.74. The van der Waals surface area contributed by atoms with Gasteiger partial charge in [-0.1, -0.05) is 26.2 Å². The van der Waals surface area contributed by atoms with Crippen molar-refractivity contribution in [3.63, 3.8) is 0 Å². The lowest BCUT2D eigenvalue weighted by Gasteiger charge is -2.28. The van der Waals surface area contributed by atoms with Crippen LogP contribution in [0.25, 0.3) is 5.65 Å². The number of nitrogens with one attached hydrogen (secondary N) is 1. The van der Waals surface area contributed by atoms with E-state index in [9.17, 15) is 4.39 Å². The molecule has 5 heteroatoms. The molecule has 1 aliphatic rings. The van der Waals surface area contributed by atoms with Crippen LogP contribution in [-0.2, 0) is 0 Å². The highest BCUT2D eigenvalue weighted by Gasteiger charge is 2.21. The van der Waals surface area contributed by atoms with E-state index in [1.165, 1.54) is 48.9 Å². The Bertz CT molecular complexity index is 566. The van der Waals surface area contributed by atoms with E-state index < -0.39 is 0 Å². The molecule has 2 atom stereocenters. The highest BCUT2D eigenvalue weighted by Crippen LogP contribution is 2.28. The van der Waals surface area contributed by atoms with Gasteiger partial charge >= 0.3 is 0 Å². The molecular weight excluding hydrogens is 243 g/mol. The van der Waals surface area contributed by atoms with E-state index in [2.05, 4.69) is 22.3 Å². The van der Waals surface area contributed by atoms with Gasteiger partial charge in [-0.2, -0.15) is 4.98 Å². The maximum absolute atomic E-state index is 13.1. The summed E-state index contributed by atoms with van der Waals surface area (Å²) in [5.41, 5.74) is 0.673. The standard InChI is InChI=1S/C14H19FN4/c1-2-10-4-3-5-12(8-10)16-14-17-13-7-6-11(15)9-19(13)18-14/h6-7,9-10,12H,2-5,8H2,1H3,(H,16,18). The van der Waals surface area contributed by atoms with Crippen LogP contribution in [0.1, 0.15) is 39.0 Å². The highest BCUT2D eigenvalue weighted by molar-refractivity contribution is 5.43. The third-order valence-corrected chi connectivity index (χ3v) is 3.99. The summed E-state index contributed by atoms with van der Waals surface area (Å²) in [6.07, 6.45) is 7.53. The zero-order valence-electron chi connectivity index (χ0n) is 11.1. The summed E-state index contributed by atoms with van der Waals surface area (Å²) >= 11 is 0. The summed E-state index contributed by atoms with van der Waals surface area (Å²) in [6, 6.07) is 3.49. The van der Waals surface area contributed by atoms with Crippen LogP contribution >= 0.6 is 0 Å². The Hall–Kier alpha value is -1.65. The van der Waals surface area contributed by atoms with E-state index in [-0.39, 0.29) is 5.82 Å². The SMILES string of the molecule is CCC1CCCC(Nc2nc3ccc(F)cn3n2)C1. The smallest absolute Gasteiger partial charge is 0.243 e. The average molecular weight is 262 g/mol. The molecule has 1 N–H and O–H groups in total. The third-order valence-electron chi connectivity index (χ3n) is 3.99. The lowest BCUT2D eigenvalue weighted by molar-refractivity contribution is 0.326. The van der Waals surface area contributed by atoms with E-state index in [4.69, 9.17) is 0 Å². The molecule has 0 saturated heterocycles. The molecule has 102 valence electrons. The van der Waals surface area contributed by atoms with Gasteiger partial charge < -0.3 is 5.32 Å². The van der Waals surface area contributed by atoms with E-state index >= 15 is 0 Å². The van der Waals surface area contributed by atoms with E-state index in [0.29, 0.717) is 17.6 Å². The molecule has 0 bridgehead atoms. The van der Waals surface area contributed by atoms with Gasteiger partial charge in [-0.25, -0.2) is 8.91 Å². The molecule has 2 aromatic rings. The molecule has 0 radical (unpaired) electrons. The van der Waals surface area contributed by atoms with E-state index in [1.807, 2.05) is 0 Å². The second-order valence-corrected chi connectivity index (χ2v) is 5.37. The fourth-order valence-electron chi connectivity index (χ4n) is 2.89. The van der Waals surface area contributed by atoms with Crippen molar-refractivity contribution in [2.75, 3.05) is 5.32 Å². The normalized spacial score (nSPS) is 23.7. The van der Waals surface area contributed by atoms with Crippen LogP contribution < -0.4 is 5.32 Å². The first-order valence-corrected chi connectivity index (χ1v) is 7.03. The maximum Gasteiger partial charge on any atom is 0.243 e. The Kier molecular flexibility index (Phi) is 3.36. The molecule has 2 heterocycles. The summed E-state index contributed by atoms with van der Waals surface area (Å²) in [7, 11) is 0. The molecular formula is C14H19FN4. The first-order chi connectivity index (χ1) is 9.24. The number of rotatable bonds is 3. The summed E-state index contributed by atoms with van der Waals surface area (Å²) in [4.78, 5) is 4.37. The van der Waals surface area contributed by atoms with Gasteiger partial charge in [0.1, 0.15) is 5.82 Å².